The molecular weight excluding hydrogens is 446 g/mol. The zero-order chi connectivity index (χ0) is 25.7. The molecule has 1 saturated heterocycles. The first-order valence-electron chi connectivity index (χ1n) is 11.9. The van der Waals surface area contributed by atoms with Gasteiger partial charge in [-0.15, -0.1) is 0 Å². The Morgan fingerprint density at radius 1 is 1.06 bits per heavy atom. The van der Waals surface area contributed by atoms with Gasteiger partial charge in [0.05, 0.1) is 30.9 Å². The van der Waals surface area contributed by atoms with E-state index >= 15 is 0 Å². The summed E-state index contributed by atoms with van der Waals surface area (Å²) >= 11 is 0. The highest BCUT2D eigenvalue weighted by molar-refractivity contribution is 6.46. The first-order valence-corrected chi connectivity index (χ1v) is 11.9. The lowest BCUT2D eigenvalue weighted by Gasteiger charge is -2.27. The Labute approximate surface area is 207 Å². The number of carbonyl (C=O) groups is 2. The van der Waals surface area contributed by atoms with Crippen LogP contribution < -0.4 is 9.47 Å². The van der Waals surface area contributed by atoms with Crippen LogP contribution in [0.4, 0.5) is 0 Å². The maximum atomic E-state index is 13.2. The molecule has 0 aliphatic carbocycles. The molecule has 1 heterocycles. The van der Waals surface area contributed by atoms with Gasteiger partial charge in [-0.1, -0.05) is 32.0 Å². The van der Waals surface area contributed by atoms with Crippen molar-refractivity contribution in [1.29, 1.82) is 0 Å². The van der Waals surface area contributed by atoms with Crippen LogP contribution in [0.1, 0.15) is 50.4 Å². The summed E-state index contributed by atoms with van der Waals surface area (Å²) < 4.78 is 17.0. The van der Waals surface area contributed by atoms with E-state index in [2.05, 4.69) is 13.8 Å². The number of methoxy groups -OCH3 is 1. The van der Waals surface area contributed by atoms with Crippen molar-refractivity contribution in [1.82, 2.24) is 4.90 Å². The van der Waals surface area contributed by atoms with Crippen molar-refractivity contribution < 1.29 is 28.9 Å². The number of hydrogen-bond acceptors (Lipinski definition) is 6. The lowest BCUT2D eigenvalue weighted by Crippen LogP contribution is -2.33. The molecule has 2 aromatic rings. The monoisotopic (exact) mass is 481 g/mol. The highest BCUT2D eigenvalue weighted by atomic mass is 16.5. The van der Waals surface area contributed by atoms with E-state index < -0.39 is 17.7 Å². The fraction of sp³-hybridized carbons (Fsp3) is 0.429. The molecule has 35 heavy (non-hydrogen) atoms. The molecule has 0 radical (unpaired) electrons. The number of para-hydroxylation sites is 1. The molecule has 2 aromatic carbocycles. The van der Waals surface area contributed by atoms with Crippen molar-refractivity contribution in [3.05, 3.63) is 64.7 Å². The molecule has 7 nitrogen and oxygen atoms in total. The number of aryl methyl sites for hydroxylation is 1. The van der Waals surface area contributed by atoms with E-state index in [-0.39, 0.29) is 30.6 Å². The fourth-order valence-corrected chi connectivity index (χ4v) is 4.06. The second kappa shape index (κ2) is 11.4. The average molecular weight is 482 g/mol. The highest BCUT2D eigenvalue weighted by Crippen LogP contribution is 2.43. The van der Waals surface area contributed by atoms with Gasteiger partial charge < -0.3 is 24.2 Å². The van der Waals surface area contributed by atoms with E-state index in [0.717, 1.165) is 5.56 Å². The van der Waals surface area contributed by atoms with Crippen molar-refractivity contribution in [2.75, 3.05) is 26.9 Å². The quantitative estimate of drug-likeness (QED) is 0.296. The summed E-state index contributed by atoms with van der Waals surface area (Å²) in [6, 6.07) is 11.7. The number of carbonyl (C=O) groups excluding carboxylic acids is 2. The second-order valence-electron chi connectivity index (χ2n) is 9.37. The summed E-state index contributed by atoms with van der Waals surface area (Å²) in [5.41, 5.74) is 1.92. The first-order chi connectivity index (χ1) is 16.6. The number of amides is 1. The molecule has 0 bridgehead atoms. The van der Waals surface area contributed by atoms with Crippen molar-refractivity contribution in [3.63, 3.8) is 0 Å². The van der Waals surface area contributed by atoms with Gasteiger partial charge in [0.1, 0.15) is 17.3 Å². The molecule has 7 heteroatoms. The molecule has 0 aromatic heterocycles. The Kier molecular flexibility index (Phi) is 8.57. The molecule has 1 fully saturated rings. The number of likely N-dealkylation sites (tertiary alicyclic amines) is 1. The van der Waals surface area contributed by atoms with Crippen LogP contribution in [0.25, 0.3) is 5.76 Å². The van der Waals surface area contributed by atoms with Gasteiger partial charge in [-0.25, -0.2) is 0 Å². The Hall–Kier alpha value is -3.32. The maximum Gasteiger partial charge on any atom is 0.295 e. The second-order valence-corrected chi connectivity index (χ2v) is 9.37. The van der Waals surface area contributed by atoms with E-state index in [9.17, 15) is 14.7 Å². The van der Waals surface area contributed by atoms with Crippen LogP contribution >= 0.6 is 0 Å². The molecule has 1 atom stereocenters. The minimum absolute atomic E-state index is 0.0288. The molecule has 0 spiro atoms. The normalized spacial score (nSPS) is 17.5. The molecule has 3 rings (SSSR count). The summed E-state index contributed by atoms with van der Waals surface area (Å²) in [6.45, 7) is 10.8. The van der Waals surface area contributed by atoms with Crippen LogP contribution in [-0.2, 0) is 14.3 Å². The summed E-state index contributed by atoms with van der Waals surface area (Å²) in [7, 11) is 1.53. The first kappa shape index (κ1) is 26.3. The highest BCUT2D eigenvalue weighted by Gasteiger charge is 2.47. The molecule has 0 saturated carbocycles. The third-order valence-electron chi connectivity index (χ3n) is 5.67. The number of aliphatic hydroxyl groups is 1. The van der Waals surface area contributed by atoms with E-state index in [1.165, 1.54) is 12.0 Å². The standard InChI is InChI=1S/C28H35NO6/c1-17(2)16-34-22-12-11-20(15-19(22)5)26(30)24-25(29(13-14-33-6)28(32)27(24)31)21-9-7-8-10-23(21)35-18(3)4/h7-12,15,17-18,25,30H,13-14,16H2,1-6H3/b26-24-. The topological polar surface area (TPSA) is 85.3 Å². The maximum absolute atomic E-state index is 13.2. The largest absolute Gasteiger partial charge is 0.507 e. The molecule has 1 amide bonds. The summed E-state index contributed by atoms with van der Waals surface area (Å²) in [5.74, 6) is -0.00790. The van der Waals surface area contributed by atoms with Gasteiger partial charge in [-0.3, -0.25) is 9.59 Å². The van der Waals surface area contributed by atoms with E-state index in [0.29, 0.717) is 35.2 Å². The van der Waals surface area contributed by atoms with Crippen molar-refractivity contribution >= 4 is 17.4 Å². The Morgan fingerprint density at radius 3 is 2.40 bits per heavy atom. The number of Topliss-reactive ketones (excluding diaryl/α,β-unsaturated/α-hetero) is 1. The molecule has 1 aliphatic rings. The van der Waals surface area contributed by atoms with E-state index in [1.807, 2.05) is 39.0 Å². The van der Waals surface area contributed by atoms with E-state index in [4.69, 9.17) is 14.2 Å². The van der Waals surface area contributed by atoms with Gasteiger partial charge in [0.2, 0.25) is 0 Å². The zero-order valence-corrected chi connectivity index (χ0v) is 21.3. The number of ketones is 1. The zero-order valence-electron chi connectivity index (χ0n) is 21.3. The molecule has 1 aliphatic heterocycles. The molecule has 1 unspecified atom stereocenters. The lowest BCUT2D eigenvalue weighted by atomic mass is 9.94. The van der Waals surface area contributed by atoms with Crippen molar-refractivity contribution in [2.45, 2.75) is 46.8 Å². The van der Waals surface area contributed by atoms with Crippen molar-refractivity contribution in [3.8, 4) is 11.5 Å². The van der Waals surface area contributed by atoms with E-state index in [1.54, 1.807) is 24.3 Å². The average Bonchev–Trinajstić information content (AvgIpc) is 3.06. The molecule has 188 valence electrons. The number of nitrogens with zero attached hydrogens (tertiary/aromatic N) is 1. The molecule has 1 N–H and O–H groups in total. The third kappa shape index (κ3) is 5.85. The van der Waals surface area contributed by atoms with Crippen LogP contribution in [0.5, 0.6) is 11.5 Å². The minimum atomic E-state index is -0.808. The summed E-state index contributed by atoms with van der Waals surface area (Å²) in [6.07, 6.45) is -0.113. The number of benzene rings is 2. The minimum Gasteiger partial charge on any atom is -0.507 e. The number of ether oxygens (including phenoxy) is 3. The van der Waals surface area contributed by atoms with Gasteiger partial charge in [0.25, 0.3) is 11.7 Å². The predicted octanol–water partition coefficient (Wildman–Crippen LogP) is 4.89. The van der Waals surface area contributed by atoms with Crippen LogP contribution in [0.3, 0.4) is 0 Å². The lowest BCUT2D eigenvalue weighted by molar-refractivity contribution is -0.140. The van der Waals surface area contributed by atoms with Crippen LogP contribution in [0.15, 0.2) is 48.0 Å². The van der Waals surface area contributed by atoms with Crippen LogP contribution in [0.2, 0.25) is 0 Å². The van der Waals surface area contributed by atoms with Crippen LogP contribution in [0, 0.1) is 12.8 Å². The smallest absolute Gasteiger partial charge is 0.295 e. The van der Waals surface area contributed by atoms with Gasteiger partial charge in [-0.2, -0.15) is 0 Å². The van der Waals surface area contributed by atoms with Crippen molar-refractivity contribution in [2.24, 2.45) is 5.92 Å². The van der Waals surface area contributed by atoms with Gasteiger partial charge in [0.15, 0.2) is 0 Å². The number of aliphatic hydroxyl groups excluding tert-OH is 1. The Balaban J connectivity index is 2.13. The Morgan fingerprint density at radius 2 is 1.77 bits per heavy atom. The summed E-state index contributed by atoms with van der Waals surface area (Å²) in [4.78, 5) is 27.7. The molecular formula is C28H35NO6. The fourth-order valence-electron chi connectivity index (χ4n) is 4.06. The SMILES string of the molecule is COCCN1C(=O)C(=O)/C(=C(\O)c2ccc(OCC(C)C)c(C)c2)C1c1ccccc1OC(C)C. The summed E-state index contributed by atoms with van der Waals surface area (Å²) in [5, 5.41) is 11.4. The predicted molar refractivity (Wildman–Crippen MR) is 135 cm³/mol. The number of rotatable bonds is 10. The number of hydrogen-bond donors (Lipinski definition) is 1. The van der Waals surface area contributed by atoms with Gasteiger partial charge >= 0.3 is 0 Å². The van der Waals surface area contributed by atoms with Crippen LogP contribution in [-0.4, -0.2) is 54.7 Å². The van der Waals surface area contributed by atoms with Gasteiger partial charge in [0, 0.05) is 24.8 Å². The van der Waals surface area contributed by atoms with Gasteiger partial charge in [-0.05, 0) is 56.5 Å². The third-order valence-corrected chi connectivity index (χ3v) is 5.67. The Bertz CT molecular complexity index is 1100.